The van der Waals surface area contributed by atoms with Gasteiger partial charge in [-0.2, -0.15) is 5.10 Å². The molecule has 1 rings (SSSR count). The molecule has 1 atom stereocenters. The van der Waals surface area contributed by atoms with Gasteiger partial charge in [0.1, 0.15) is 0 Å². The molecule has 1 N–H and O–H groups in total. The third-order valence-corrected chi connectivity index (χ3v) is 2.12. The smallest absolute Gasteiger partial charge is 0.0593 e. The number of hydrogen-bond acceptors (Lipinski definition) is 2. The van der Waals surface area contributed by atoms with Gasteiger partial charge in [-0.1, -0.05) is 6.92 Å². The second kappa shape index (κ2) is 5.02. The molecule has 0 aromatic carbocycles. The first-order valence-corrected chi connectivity index (χ1v) is 4.95. The van der Waals surface area contributed by atoms with Crippen molar-refractivity contribution in [3.8, 4) is 0 Å². The minimum absolute atomic E-state index is 0.578. The topological polar surface area (TPSA) is 29.9 Å². The molecule has 0 aliphatic carbocycles. The summed E-state index contributed by atoms with van der Waals surface area (Å²) in [5.74, 6) is 0. The highest BCUT2D eigenvalue weighted by atomic mass is 15.3. The van der Waals surface area contributed by atoms with E-state index in [-0.39, 0.29) is 0 Å². The molecule has 1 heterocycles. The van der Waals surface area contributed by atoms with Crippen LogP contribution in [0, 0.1) is 6.92 Å². The Kier molecular flexibility index (Phi) is 3.96. The Balaban J connectivity index is 2.26. The Morgan fingerprint density at radius 1 is 1.62 bits per heavy atom. The van der Waals surface area contributed by atoms with Gasteiger partial charge in [-0.3, -0.25) is 4.68 Å². The fraction of sp³-hybridized carbons (Fsp3) is 0.700. The van der Waals surface area contributed by atoms with Crippen LogP contribution in [0.3, 0.4) is 0 Å². The van der Waals surface area contributed by atoms with E-state index >= 15 is 0 Å². The van der Waals surface area contributed by atoms with Gasteiger partial charge in [0.15, 0.2) is 0 Å². The van der Waals surface area contributed by atoms with Gasteiger partial charge in [0.05, 0.1) is 5.69 Å². The Bertz CT molecular complexity index is 242. The van der Waals surface area contributed by atoms with Crippen LogP contribution in [0.5, 0.6) is 0 Å². The van der Waals surface area contributed by atoms with E-state index in [0.717, 1.165) is 25.2 Å². The van der Waals surface area contributed by atoms with Crippen LogP contribution in [0.15, 0.2) is 12.3 Å². The largest absolute Gasteiger partial charge is 0.314 e. The summed E-state index contributed by atoms with van der Waals surface area (Å²) in [5, 5.41) is 7.71. The molecule has 0 aliphatic heterocycles. The fourth-order valence-corrected chi connectivity index (χ4v) is 1.36. The first-order chi connectivity index (χ1) is 6.22. The van der Waals surface area contributed by atoms with Gasteiger partial charge in [-0.05, 0) is 32.9 Å². The molecule has 0 fully saturated rings. The van der Waals surface area contributed by atoms with E-state index < -0.39 is 0 Å². The molecule has 1 aromatic rings. The first kappa shape index (κ1) is 10.3. The molecule has 0 radical (unpaired) electrons. The Morgan fingerprint density at radius 2 is 2.38 bits per heavy atom. The molecular formula is C10H19N3. The van der Waals surface area contributed by atoms with Crippen LogP contribution in [0.25, 0.3) is 0 Å². The summed E-state index contributed by atoms with van der Waals surface area (Å²) in [6.45, 7) is 8.40. The lowest BCUT2D eigenvalue weighted by molar-refractivity contribution is 0.466. The van der Waals surface area contributed by atoms with Crippen LogP contribution in [0.2, 0.25) is 0 Å². The summed E-state index contributed by atoms with van der Waals surface area (Å²) in [5.41, 5.74) is 1.09. The van der Waals surface area contributed by atoms with Gasteiger partial charge in [0.25, 0.3) is 0 Å². The predicted octanol–water partition coefficient (Wildman–Crippen LogP) is 1.58. The summed E-state index contributed by atoms with van der Waals surface area (Å²) < 4.78 is 2.00. The average Bonchev–Trinajstić information content (AvgIpc) is 2.49. The molecule has 1 unspecified atom stereocenters. The molecule has 0 spiro atoms. The minimum Gasteiger partial charge on any atom is -0.314 e. The molecule has 13 heavy (non-hydrogen) atoms. The molecule has 3 heteroatoms. The van der Waals surface area contributed by atoms with Gasteiger partial charge in [-0.15, -0.1) is 0 Å². The normalized spacial score (nSPS) is 13.2. The maximum absolute atomic E-state index is 4.33. The third-order valence-electron chi connectivity index (χ3n) is 2.12. The molecule has 3 nitrogen and oxygen atoms in total. The molecule has 0 aliphatic rings. The summed E-state index contributed by atoms with van der Waals surface area (Å²) in [6, 6.07) is 2.62. The van der Waals surface area contributed by atoms with Gasteiger partial charge in [0.2, 0.25) is 0 Å². The highest BCUT2D eigenvalue weighted by Crippen LogP contribution is 1.97. The van der Waals surface area contributed by atoms with Crippen molar-refractivity contribution >= 4 is 0 Å². The minimum atomic E-state index is 0.578. The zero-order chi connectivity index (χ0) is 9.68. The zero-order valence-corrected chi connectivity index (χ0v) is 8.75. The van der Waals surface area contributed by atoms with Crippen LogP contribution in [-0.2, 0) is 6.54 Å². The molecule has 0 amide bonds. The Morgan fingerprint density at radius 3 is 2.92 bits per heavy atom. The quantitative estimate of drug-likeness (QED) is 0.747. The molecule has 0 saturated carbocycles. The highest BCUT2D eigenvalue weighted by molar-refractivity contribution is 4.94. The van der Waals surface area contributed by atoms with Crippen LogP contribution in [-0.4, -0.2) is 22.4 Å². The van der Waals surface area contributed by atoms with Crippen LogP contribution < -0.4 is 5.32 Å². The van der Waals surface area contributed by atoms with Crippen molar-refractivity contribution in [1.29, 1.82) is 0 Å². The van der Waals surface area contributed by atoms with Crippen molar-refractivity contribution in [3.05, 3.63) is 18.0 Å². The van der Waals surface area contributed by atoms with E-state index in [1.807, 2.05) is 23.9 Å². The lowest BCUT2D eigenvalue weighted by atomic mass is 10.2. The summed E-state index contributed by atoms with van der Waals surface area (Å²) in [4.78, 5) is 0. The molecule has 0 saturated heterocycles. The van der Waals surface area contributed by atoms with Crippen LogP contribution >= 0.6 is 0 Å². The Hall–Kier alpha value is -0.830. The van der Waals surface area contributed by atoms with Gasteiger partial charge < -0.3 is 5.32 Å². The number of rotatable bonds is 5. The highest BCUT2D eigenvalue weighted by Gasteiger charge is 2.00. The van der Waals surface area contributed by atoms with E-state index in [2.05, 4.69) is 24.3 Å². The van der Waals surface area contributed by atoms with Gasteiger partial charge >= 0.3 is 0 Å². The lowest BCUT2D eigenvalue weighted by Gasteiger charge is -2.11. The Labute approximate surface area is 80.1 Å². The van der Waals surface area contributed by atoms with E-state index in [1.165, 1.54) is 0 Å². The summed E-state index contributed by atoms with van der Waals surface area (Å²) >= 11 is 0. The van der Waals surface area contributed by atoms with Crippen molar-refractivity contribution in [1.82, 2.24) is 15.1 Å². The van der Waals surface area contributed by atoms with Gasteiger partial charge in [0, 0.05) is 18.8 Å². The molecule has 74 valence electrons. The summed E-state index contributed by atoms with van der Waals surface area (Å²) in [6.07, 6.45) is 3.17. The second-order valence-electron chi connectivity index (χ2n) is 3.47. The number of aryl methyl sites for hydroxylation is 2. The van der Waals surface area contributed by atoms with E-state index in [4.69, 9.17) is 0 Å². The predicted molar refractivity (Wildman–Crippen MR) is 54.7 cm³/mol. The number of nitrogens with zero attached hydrogens (tertiary/aromatic N) is 2. The van der Waals surface area contributed by atoms with Crippen molar-refractivity contribution in [2.45, 2.75) is 39.8 Å². The summed E-state index contributed by atoms with van der Waals surface area (Å²) in [7, 11) is 0. The van der Waals surface area contributed by atoms with E-state index in [1.54, 1.807) is 0 Å². The van der Waals surface area contributed by atoms with Crippen molar-refractivity contribution in [3.63, 3.8) is 0 Å². The molecule has 0 bridgehead atoms. The zero-order valence-electron chi connectivity index (χ0n) is 8.75. The SMILES string of the molecule is CCNC(C)CCn1ccc(C)n1. The maximum Gasteiger partial charge on any atom is 0.0593 e. The maximum atomic E-state index is 4.33. The van der Waals surface area contributed by atoms with E-state index in [0.29, 0.717) is 6.04 Å². The standard InChI is InChI=1S/C10H19N3/c1-4-11-9(2)5-7-13-8-6-10(3)12-13/h6,8-9,11H,4-5,7H2,1-3H3. The second-order valence-corrected chi connectivity index (χ2v) is 3.47. The van der Waals surface area contributed by atoms with Crippen molar-refractivity contribution < 1.29 is 0 Å². The monoisotopic (exact) mass is 181 g/mol. The lowest BCUT2D eigenvalue weighted by Crippen LogP contribution is -2.26. The van der Waals surface area contributed by atoms with Crippen LogP contribution in [0.4, 0.5) is 0 Å². The average molecular weight is 181 g/mol. The fourth-order valence-electron chi connectivity index (χ4n) is 1.36. The van der Waals surface area contributed by atoms with E-state index in [9.17, 15) is 0 Å². The number of hydrogen-bond donors (Lipinski definition) is 1. The third kappa shape index (κ3) is 3.59. The molecule has 1 aromatic heterocycles. The first-order valence-electron chi connectivity index (χ1n) is 4.95. The number of aromatic nitrogens is 2. The number of nitrogens with one attached hydrogen (secondary N) is 1. The van der Waals surface area contributed by atoms with Crippen molar-refractivity contribution in [2.75, 3.05) is 6.54 Å². The van der Waals surface area contributed by atoms with Crippen molar-refractivity contribution in [2.24, 2.45) is 0 Å². The molecular weight excluding hydrogens is 162 g/mol. The van der Waals surface area contributed by atoms with Crippen LogP contribution in [0.1, 0.15) is 26.0 Å². The van der Waals surface area contributed by atoms with Gasteiger partial charge in [-0.25, -0.2) is 0 Å².